The van der Waals surface area contributed by atoms with Crippen LogP contribution < -0.4 is 0 Å². The van der Waals surface area contributed by atoms with Crippen LogP contribution in [0.25, 0.3) is 0 Å². The SMILES string of the molecule is CCCCCCCCCCCCCCCn1cc(CCCc2ccccc2)nc1CCC. The van der Waals surface area contributed by atoms with Gasteiger partial charge in [0.15, 0.2) is 0 Å². The lowest BCUT2D eigenvalue weighted by atomic mass is 10.0. The second-order valence-corrected chi connectivity index (χ2v) is 9.67. The van der Waals surface area contributed by atoms with E-state index in [1.54, 1.807) is 0 Å². The van der Waals surface area contributed by atoms with Crippen molar-refractivity contribution in [2.24, 2.45) is 0 Å². The van der Waals surface area contributed by atoms with Gasteiger partial charge in [-0.25, -0.2) is 4.98 Å². The number of aromatic nitrogens is 2. The molecule has 0 aliphatic rings. The van der Waals surface area contributed by atoms with Crippen LogP contribution in [0.2, 0.25) is 0 Å². The molecular formula is C30H50N2. The summed E-state index contributed by atoms with van der Waals surface area (Å²) in [6, 6.07) is 10.8. The maximum absolute atomic E-state index is 4.97. The summed E-state index contributed by atoms with van der Waals surface area (Å²) >= 11 is 0. The van der Waals surface area contributed by atoms with Gasteiger partial charge in [-0.2, -0.15) is 0 Å². The highest BCUT2D eigenvalue weighted by Gasteiger charge is 2.07. The monoisotopic (exact) mass is 438 g/mol. The molecule has 1 aromatic heterocycles. The first-order chi connectivity index (χ1) is 15.8. The van der Waals surface area contributed by atoms with Crippen LogP contribution in [0.1, 0.15) is 127 Å². The van der Waals surface area contributed by atoms with Gasteiger partial charge in [-0.05, 0) is 37.7 Å². The first-order valence-corrected chi connectivity index (χ1v) is 13.9. The van der Waals surface area contributed by atoms with E-state index in [9.17, 15) is 0 Å². The molecule has 0 saturated heterocycles. The summed E-state index contributed by atoms with van der Waals surface area (Å²) in [4.78, 5) is 4.97. The molecule has 0 saturated carbocycles. The smallest absolute Gasteiger partial charge is 0.108 e. The zero-order chi connectivity index (χ0) is 22.7. The van der Waals surface area contributed by atoms with Gasteiger partial charge in [-0.1, -0.05) is 121 Å². The van der Waals surface area contributed by atoms with Crippen LogP contribution >= 0.6 is 0 Å². The van der Waals surface area contributed by atoms with Gasteiger partial charge in [0.25, 0.3) is 0 Å². The van der Waals surface area contributed by atoms with Crippen molar-refractivity contribution in [1.82, 2.24) is 9.55 Å². The van der Waals surface area contributed by atoms with Gasteiger partial charge in [0.2, 0.25) is 0 Å². The van der Waals surface area contributed by atoms with Gasteiger partial charge in [-0.15, -0.1) is 0 Å². The third-order valence-corrected chi connectivity index (χ3v) is 6.63. The Balaban J connectivity index is 1.55. The molecule has 0 amide bonds. The molecule has 0 fully saturated rings. The molecule has 0 spiro atoms. The summed E-state index contributed by atoms with van der Waals surface area (Å²) < 4.78 is 2.46. The van der Waals surface area contributed by atoms with Crippen molar-refractivity contribution in [2.45, 2.75) is 136 Å². The lowest BCUT2D eigenvalue weighted by Crippen LogP contribution is -2.03. The Labute approximate surface area is 199 Å². The number of imidazole rings is 1. The molecule has 1 aromatic carbocycles. The van der Waals surface area contributed by atoms with Crippen molar-refractivity contribution < 1.29 is 0 Å². The number of unbranched alkanes of at least 4 members (excludes halogenated alkanes) is 12. The third-order valence-electron chi connectivity index (χ3n) is 6.63. The second kappa shape index (κ2) is 17.9. The summed E-state index contributed by atoms with van der Waals surface area (Å²) in [7, 11) is 0. The normalized spacial score (nSPS) is 11.3. The van der Waals surface area contributed by atoms with E-state index in [1.165, 1.54) is 113 Å². The predicted octanol–water partition coefficient (Wildman–Crippen LogP) is 9.10. The van der Waals surface area contributed by atoms with Crippen LogP contribution in [0.15, 0.2) is 36.5 Å². The number of hydrogen-bond acceptors (Lipinski definition) is 1. The van der Waals surface area contributed by atoms with Crippen molar-refractivity contribution in [3.8, 4) is 0 Å². The van der Waals surface area contributed by atoms with Gasteiger partial charge in [-0.3, -0.25) is 0 Å². The van der Waals surface area contributed by atoms with E-state index >= 15 is 0 Å². The van der Waals surface area contributed by atoms with Crippen LogP contribution in [-0.4, -0.2) is 9.55 Å². The van der Waals surface area contributed by atoms with E-state index in [-0.39, 0.29) is 0 Å². The molecule has 0 aliphatic carbocycles. The summed E-state index contributed by atoms with van der Waals surface area (Å²) in [6.45, 7) is 5.71. The van der Waals surface area contributed by atoms with Crippen LogP contribution in [0, 0.1) is 0 Å². The molecule has 0 bridgehead atoms. The van der Waals surface area contributed by atoms with Crippen molar-refractivity contribution in [1.29, 1.82) is 0 Å². The third kappa shape index (κ3) is 11.9. The van der Waals surface area contributed by atoms with Crippen LogP contribution in [0.3, 0.4) is 0 Å². The summed E-state index contributed by atoms with van der Waals surface area (Å²) in [5, 5.41) is 0. The number of rotatable bonds is 20. The fourth-order valence-corrected chi connectivity index (χ4v) is 4.67. The Morgan fingerprint density at radius 2 is 1.19 bits per heavy atom. The Kier molecular flexibility index (Phi) is 14.9. The average Bonchev–Trinajstić information content (AvgIpc) is 3.19. The highest BCUT2D eigenvalue weighted by Crippen LogP contribution is 2.15. The fraction of sp³-hybridized carbons (Fsp3) is 0.700. The molecule has 1 heterocycles. The molecule has 2 nitrogen and oxygen atoms in total. The van der Waals surface area contributed by atoms with Crippen molar-refractivity contribution in [2.75, 3.05) is 0 Å². The zero-order valence-corrected chi connectivity index (χ0v) is 21.3. The summed E-state index contributed by atoms with van der Waals surface area (Å²) in [5.41, 5.74) is 2.73. The first-order valence-electron chi connectivity index (χ1n) is 13.9. The van der Waals surface area contributed by atoms with E-state index in [2.05, 4.69) is 54.9 Å². The van der Waals surface area contributed by atoms with E-state index in [1.807, 2.05) is 0 Å². The molecule has 0 N–H and O–H groups in total. The van der Waals surface area contributed by atoms with Crippen LogP contribution in [-0.2, 0) is 25.8 Å². The Hall–Kier alpha value is -1.57. The van der Waals surface area contributed by atoms with E-state index in [0.29, 0.717) is 0 Å². The van der Waals surface area contributed by atoms with E-state index in [4.69, 9.17) is 4.98 Å². The fourth-order valence-electron chi connectivity index (χ4n) is 4.67. The molecule has 0 radical (unpaired) electrons. The number of aryl methyl sites for hydroxylation is 4. The molecule has 0 aliphatic heterocycles. The molecule has 2 aromatic rings. The van der Waals surface area contributed by atoms with Crippen molar-refractivity contribution in [3.05, 3.63) is 53.6 Å². The van der Waals surface area contributed by atoms with Gasteiger partial charge in [0.05, 0.1) is 5.69 Å². The summed E-state index contributed by atoms with van der Waals surface area (Å²) in [5.74, 6) is 1.31. The van der Waals surface area contributed by atoms with Crippen molar-refractivity contribution in [3.63, 3.8) is 0 Å². The number of hydrogen-bond donors (Lipinski definition) is 0. The van der Waals surface area contributed by atoms with E-state index in [0.717, 1.165) is 25.8 Å². The minimum Gasteiger partial charge on any atom is -0.335 e. The minimum atomic E-state index is 1.09. The molecule has 180 valence electrons. The Morgan fingerprint density at radius 3 is 1.78 bits per heavy atom. The highest BCUT2D eigenvalue weighted by molar-refractivity contribution is 5.15. The molecule has 2 rings (SSSR count). The van der Waals surface area contributed by atoms with Gasteiger partial charge >= 0.3 is 0 Å². The largest absolute Gasteiger partial charge is 0.335 e. The molecular weight excluding hydrogens is 388 g/mol. The maximum Gasteiger partial charge on any atom is 0.108 e. The average molecular weight is 439 g/mol. The molecule has 2 heteroatoms. The topological polar surface area (TPSA) is 17.8 Å². The van der Waals surface area contributed by atoms with E-state index < -0.39 is 0 Å². The van der Waals surface area contributed by atoms with Crippen LogP contribution in [0.4, 0.5) is 0 Å². The predicted molar refractivity (Wildman–Crippen MR) is 140 cm³/mol. The Bertz CT molecular complexity index is 673. The van der Waals surface area contributed by atoms with Gasteiger partial charge in [0.1, 0.15) is 5.82 Å². The number of nitrogens with zero attached hydrogens (tertiary/aromatic N) is 2. The van der Waals surface area contributed by atoms with Gasteiger partial charge < -0.3 is 4.57 Å². The summed E-state index contributed by atoms with van der Waals surface area (Å²) in [6.07, 6.45) is 26.5. The lowest BCUT2D eigenvalue weighted by molar-refractivity contribution is 0.521. The number of benzene rings is 1. The molecule has 0 atom stereocenters. The lowest BCUT2D eigenvalue weighted by Gasteiger charge is -2.07. The quantitative estimate of drug-likeness (QED) is 0.188. The first kappa shape index (κ1) is 26.7. The zero-order valence-electron chi connectivity index (χ0n) is 21.3. The maximum atomic E-state index is 4.97. The highest BCUT2D eigenvalue weighted by atomic mass is 15.1. The molecule has 0 unspecified atom stereocenters. The minimum absolute atomic E-state index is 1.09. The molecule has 32 heavy (non-hydrogen) atoms. The van der Waals surface area contributed by atoms with Gasteiger partial charge in [0, 0.05) is 19.2 Å². The second-order valence-electron chi connectivity index (χ2n) is 9.67. The van der Waals surface area contributed by atoms with Crippen LogP contribution in [0.5, 0.6) is 0 Å². The standard InChI is InChI=1S/C30H50N2/c1-3-5-6-7-8-9-10-11-12-13-14-15-19-26-32-27-29(31-30(32)21-4-2)25-20-24-28-22-17-16-18-23-28/h16-18,22-23,27H,3-15,19-21,24-26H2,1-2H3. The van der Waals surface area contributed by atoms with Crippen molar-refractivity contribution >= 4 is 0 Å². The Morgan fingerprint density at radius 1 is 0.594 bits per heavy atom.